The standard InChI is InChI=1S/C12H24N4S/c1-7-12(4,5)13-8-9(2)17-11-15-14-10(3)16(11)6/h9,13H,7-8H2,1-6H3. The van der Waals surface area contributed by atoms with Crippen molar-refractivity contribution in [2.75, 3.05) is 6.54 Å². The third kappa shape index (κ3) is 4.32. The minimum absolute atomic E-state index is 0.213. The highest BCUT2D eigenvalue weighted by Gasteiger charge is 2.17. The molecule has 0 radical (unpaired) electrons. The van der Waals surface area contributed by atoms with Gasteiger partial charge in [-0.3, -0.25) is 0 Å². The summed E-state index contributed by atoms with van der Waals surface area (Å²) < 4.78 is 2.03. The lowest BCUT2D eigenvalue weighted by Gasteiger charge is -2.26. The average molecular weight is 256 g/mol. The Labute approximate surface area is 109 Å². The molecule has 1 aromatic heterocycles. The molecular formula is C12H24N4S. The van der Waals surface area contributed by atoms with E-state index >= 15 is 0 Å². The molecule has 1 rings (SSSR count). The highest BCUT2D eigenvalue weighted by molar-refractivity contribution is 7.99. The predicted molar refractivity (Wildman–Crippen MR) is 73.4 cm³/mol. The maximum absolute atomic E-state index is 4.17. The fraction of sp³-hybridized carbons (Fsp3) is 0.833. The molecule has 98 valence electrons. The van der Waals surface area contributed by atoms with Gasteiger partial charge in [-0.15, -0.1) is 10.2 Å². The Morgan fingerprint density at radius 3 is 2.53 bits per heavy atom. The molecule has 0 aliphatic carbocycles. The molecule has 4 nitrogen and oxygen atoms in total. The lowest BCUT2D eigenvalue weighted by Crippen LogP contribution is -2.41. The van der Waals surface area contributed by atoms with Crippen LogP contribution in [0.3, 0.4) is 0 Å². The van der Waals surface area contributed by atoms with E-state index in [4.69, 9.17) is 0 Å². The van der Waals surface area contributed by atoms with Gasteiger partial charge in [-0.1, -0.05) is 25.6 Å². The van der Waals surface area contributed by atoms with Gasteiger partial charge in [-0.05, 0) is 27.2 Å². The fourth-order valence-electron chi connectivity index (χ4n) is 1.26. The Morgan fingerprint density at radius 1 is 1.41 bits per heavy atom. The minimum Gasteiger partial charge on any atom is -0.311 e. The molecule has 0 aromatic carbocycles. The van der Waals surface area contributed by atoms with Crippen LogP contribution in [0.2, 0.25) is 0 Å². The van der Waals surface area contributed by atoms with E-state index in [1.54, 1.807) is 11.8 Å². The quantitative estimate of drug-likeness (QED) is 0.794. The van der Waals surface area contributed by atoms with Crippen molar-refractivity contribution in [2.45, 2.75) is 57.0 Å². The van der Waals surface area contributed by atoms with Crippen molar-refractivity contribution in [3.63, 3.8) is 0 Å². The summed E-state index contributed by atoms with van der Waals surface area (Å²) in [5, 5.41) is 13.3. The molecule has 0 amide bonds. The maximum Gasteiger partial charge on any atom is 0.191 e. The van der Waals surface area contributed by atoms with Crippen LogP contribution in [0, 0.1) is 6.92 Å². The van der Waals surface area contributed by atoms with Crippen LogP contribution < -0.4 is 5.32 Å². The van der Waals surface area contributed by atoms with Gasteiger partial charge in [0.15, 0.2) is 5.16 Å². The van der Waals surface area contributed by atoms with E-state index in [9.17, 15) is 0 Å². The topological polar surface area (TPSA) is 42.7 Å². The summed E-state index contributed by atoms with van der Waals surface area (Å²) in [7, 11) is 2.01. The molecule has 0 fully saturated rings. The molecule has 1 heterocycles. The second-order valence-corrected chi connectivity index (χ2v) is 6.54. The van der Waals surface area contributed by atoms with E-state index < -0.39 is 0 Å². The van der Waals surface area contributed by atoms with Crippen molar-refractivity contribution in [2.24, 2.45) is 7.05 Å². The van der Waals surface area contributed by atoms with Crippen LogP contribution in [0.1, 0.15) is 39.9 Å². The number of aromatic nitrogens is 3. The van der Waals surface area contributed by atoms with Crippen molar-refractivity contribution < 1.29 is 0 Å². The molecule has 0 saturated carbocycles. The SMILES string of the molecule is CCC(C)(C)NCC(C)Sc1nnc(C)n1C. The molecule has 1 aromatic rings. The zero-order valence-corrected chi connectivity index (χ0v) is 12.6. The molecule has 1 atom stereocenters. The summed E-state index contributed by atoms with van der Waals surface area (Å²) in [4.78, 5) is 0. The molecule has 17 heavy (non-hydrogen) atoms. The normalized spacial score (nSPS) is 14.0. The number of nitrogens with one attached hydrogen (secondary N) is 1. The van der Waals surface area contributed by atoms with Gasteiger partial charge in [-0.25, -0.2) is 0 Å². The lowest BCUT2D eigenvalue weighted by molar-refractivity contribution is 0.379. The van der Waals surface area contributed by atoms with E-state index in [0.717, 1.165) is 23.9 Å². The molecule has 0 aliphatic heterocycles. The van der Waals surface area contributed by atoms with Crippen molar-refractivity contribution in [1.29, 1.82) is 0 Å². The summed E-state index contributed by atoms with van der Waals surface area (Å²) in [5.74, 6) is 0.960. The van der Waals surface area contributed by atoms with Crippen LogP contribution in [0.15, 0.2) is 5.16 Å². The number of thioether (sulfide) groups is 1. The molecule has 0 saturated heterocycles. The second kappa shape index (κ2) is 5.87. The summed E-state index contributed by atoms with van der Waals surface area (Å²) >= 11 is 1.77. The third-order valence-electron chi connectivity index (χ3n) is 3.11. The first-order chi connectivity index (χ1) is 7.85. The molecular weight excluding hydrogens is 232 g/mol. The molecule has 0 aliphatic rings. The summed E-state index contributed by atoms with van der Waals surface area (Å²) in [6.45, 7) is 11.8. The van der Waals surface area contributed by atoms with Gasteiger partial charge in [0.1, 0.15) is 5.82 Å². The van der Waals surface area contributed by atoms with Crippen LogP contribution in [-0.4, -0.2) is 32.1 Å². The number of hydrogen-bond acceptors (Lipinski definition) is 4. The van der Waals surface area contributed by atoms with E-state index in [-0.39, 0.29) is 5.54 Å². The number of nitrogens with zero attached hydrogens (tertiary/aromatic N) is 3. The number of hydrogen-bond donors (Lipinski definition) is 1. The maximum atomic E-state index is 4.17. The molecule has 0 spiro atoms. The smallest absolute Gasteiger partial charge is 0.191 e. The monoisotopic (exact) mass is 256 g/mol. The first kappa shape index (κ1) is 14.5. The zero-order chi connectivity index (χ0) is 13.1. The predicted octanol–water partition coefficient (Wildman–Crippen LogP) is 2.38. The van der Waals surface area contributed by atoms with Crippen LogP contribution >= 0.6 is 11.8 Å². The second-order valence-electron chi connectivity index (χ2n) is 5.14. The lowest BCUT2D eigenvalue weighted by atomic mass is 10.0. The largest absolute Gasteiger partial charge is 0.311 e. The van der Waals surface area contributed by atoms with Crippen LogP contribution in [0.25, 0.3) is 0 Å². The van der Waals surface area contributed by atoms with Gasteiger partial charge in [0, 0.05) is 24.4 Å². The Hall–Kier alpha value is -0.550. The van der Waals surface area contributed by atoms with Crippen LogP contribution in [-0.2, 0) is 7.05 Å². The van der Waals surface area contributed by atoms with Crippen LogP contribution in [0.4, 0.5) is 0 Å². The van der Waals surface area contributed by atoms with Gasteiger partial charge in [-0.2, -0.15) is 0 Å². The van der Waals surface area contributed by atoms with E-state index in [2.05, 4.69) is 43.2 Å². The van der Waals surface area contributed by atoms with Gasteiger partial charge >= 0.3 is 0 Å². The molecule has 0 bridgehead atoms. The third-order valence-corrected chi connectivity index (χ3v) is 4.25. The highest BCUT2D eigenvalue weighted by Crippen LogP contribution is 2.21. The van der Waals surface area contributed by atoms with Crippen molar-refractivity contribution in [3.8, 4) is 0 Å². The summed E-state index contributed by atoms with van der Waals surface area (Å²) in [5.41, 5.74) is 0.213. The minimum atomic E-state index is 0.213. The van der Waals surface area contributed by atoms with Crippen molar-refractivity contribution in [3.05, 3.63) is 5.82 Å². The summed E-state index contributed by atoms with van der Waals surface area (Å²) in [6.07, 6.45) is 1.13. The Morgan fingerprint density at radius 2 is 2.06 bits per heavy atom. The zero-order valence-electron chi connectivity index (χ0n) is 11.7. The molecule has 1 N–H and O–H groups in total. The first-order valence-electron chi connectivity index (χ1n) is 6.13. The number of rotatable bonds is 6. The van der Waals surface area contributed by atoms with Gasteiger partial charge < -0.3 is 9.88 Å². The highest BCUT2D eigenvalue weighted by atomic mass is 32.2. The first-order valence-corrected chi connectivity index (χ1v) is 7.01. The Balaban J connectivity index is 2.45. The fourth-order valence-corrected chi connectivity index (χ4v) is 2.16. The Kier molecular flexibility index (Phi) is 5.01. The van der Waals surface area contributed by atoms with E-state index in [0.29, 0.717) is 5.25 Å². The van der Waals surface area contributed by atoms with E-state index in [1.807, 2.05) is 18.5 Å². The molecule has 5 heteroatoms. The Bertz CT molecular complexity index is 359. The van der Waals surface area contributed by atoms with Crippen LogP contribution in [0.5, 0.6) is 0 Å². The average Bonchev–Trinajstić information content (AvgIpc) is 2.59. The van der Waals surface area contributed by atoms with Gasteiger partial charge in [0.25, 0.3) is 0 Å². The van der Waals surface area contributed by atoms with Crippen molar-refractivity contribution in [1.82, 2.24) is 20.1 Å². The summed E-state index contributed by atoms with van der Waals surface area (Å²) in [6, 6.07) is 0. The molecule has 1 unspecified atom stereocenters. The van der Waals surface area contributed by atoms with Gasteiger partial charge in [0.2, 0.25) is 0 Å². The van der Waals surface area contributed by atoms with E-state index in [1.165, 1.54) is 0 Å². The van der Waals surface area contributed by atoms with Gasteiger partial charge in [0.05, 0.1) is 0 Å². The van der Waals surface area contributed by atoms with Crippen molar-refractivity contribution >= 4 is 11.8 Å². The number of aryl methyl sites for hydroxylation is 1.